The number of rotatable bonds is 3. The number of ether oxygens (including phenoxy) is 1. The van der Waals surface area contributed by atoms with Gasteiger partial charge in [0.15, 0.2) is 5.78 Å². The van der Waals surface area contributed by atoms with Gasteiger partial charge in [0.2, 0.25) is 0 Å². The average molecular weight is 306 g/mol. The summed E-state index contributed by atoms with van der Waals surface area (Å²) in [5, 5.41) is 20.0. The fraction of sp³-hybridized carbons (Fsp3) is 0.765. The van der Waals surface area contributed by atoms with E-state index in [-0.39, 0.29) is 24.2 Å². The Bertz CT molecular complexity index is 598. The molecule has 0 aromatic heterocycles. The van der Waals surface area contributed by atoms with Crippen LogP contribution < -0.4 is 0 Å². The zero-order valence-electron chi connectivity index (χ0n) is 12.9. The molecule has 7 atom stereocenters. The molecule has 5 aliphatic rings. The molecule has 1 unspecified atom stereocenters. The van der Waals surface area contributed by atoms with Gasteiger partial charge in [-0.15, -0.1) is 0 Å². The van der Waals surface area contributed by atoms with Gasteiger partial charge in [-0.2, -0.15) is 0 Å². The topological polar surface area (TPSA) is 83.8 Å². The smallest absolute Gasteiger partial charge is 0.303 e. The van der Waals surface area contributed by atoms with Crippen LogP contribution in [0.4, 0.5) is 0 Å². The van der Waals surface area contributed by atoms with Gasteiger partial charge < -0.3 is 14.9 Å². The van der Waals surface area contributed by atoms with Gasteiger partial charge in [-0.05, 0) is 38.2 Å². The number of hydrogen-bond acceptors (Lipinski definition) is 4. The van der Waals surface area contributed by atoms with Crippen LogP contribution in [0.3, 0.4) is 0 Å². The van der Waals surface area contributed by atoms with Crippen LogP contribution in [0.1, 0.15) is 39.5 Å². The number of ketones is 1. The third kappa shape index (κ3) is 1.42. The number of carbonyl (C=O) groups excluding carboxylic acids is 1. The van der Waals surface area contributed by atoms with Crippen LogP contribution in [0.15, 0.2) is 12.2 Å². The Hall–Kier alpha value is -1.20. The van der Waals surface area contributed by atoms with Crippen molar-refractivity contribution >= 4 is 11.8 Å². The Morgan fingerprint density at radius 1 is 1.45 bits per heavy atom. The molecular formula is C17H22O5. The lowest BCUT2D eigenvalue weighted by Crippen LogP contribution is -2.62. The number of allylic oxidation sites excluding steroid dienone is 1. The minimum Gasteiger partial charge on any atom is -0.481 e. The standard InChI is InChI=1S/C17H22O5/c1-15(5-4-12(19)20)11(18)3-6-17-8-9-7-10(13(15)17)22-16(9,2)14(17)21/h3,6,9-10,13-14,21H,4-5,7-8H2,1-2H3,(H,19,20)/t9?,10-,13-,14-,15+,16+,17+/m0/s1. The molecule has 2 saturated carbocycles. The van der Waals surface area contributed by atoms with Gasteiger partial charge in [-0.25, -0.2) is 0 Å². The van der Waals surface area contributed by atoms with E-state index in [1.165, 1.54) is 0 Å². The summed E-state index contributed by atoms with van der Waals surface area (Å²) in [4.78, 5) is 23.6. The minimum atomic E-state index is -0.891. The van der Waals surface area contributed by atoms with Crippen LogP contribution in [-0.4, -0.2) is 39.8 Å². The maximum atomic E-state index is 12.6. The predicted molar refractivity (Wildman–Crippen MR) is 77.1 cm³/mol. The van der Waals surface area contributed by atoms with E-state index in [0.29, 0.717) is 12.3 Å². The second-order valence-corrected chi connectivity index (χ2v) is 7.98. The molecule has 0 radical (unpaired) electrons. The summed E-state index contributed by atoms with van der Waals surface area (Å²) in [6.07, 6.45) is 4.76. The first-order valence-electron chi connectivity index (χ1n) is 8.05. The molecule has 3 aliphatic carbocycles. The van der Waals surface area contributed by atoms with Crippen LogP contribution >= 0.6 is 0 Å². The Kier molecular flexibility index (Phi) is 2.62. The highest BCUT2D eigenvalue weighted by Crippen LogP contribution is 2.71. The van der Waals surface area contributed by atoms with E-state index >= 15 is 0 Å². The van der Waals surface area contributed by atoms with E-state index in [9.17, 15) is 14.7 Å². The molecule has 5 rings (SSSR count). The van der Waals surface area contributed by atoms with E-state index in [1.807, 2.05) is 19.9 Å². The molecule has 2 saturated heterocycles. The van der Waals surface area contributed by atoms with Gasteiger partial charge in [0.05, 0.1) is 17.8 Å². The molecule has 4 bridgehead atoms. The Labute approximate surface area is 129 Å². The van der Waals surface area contributed by atoms with E-state index < -0.39 is 28.5 Å². The van der Waals surface area contributed by atoms with Crippen molar-refractivity contribution in [2.75, 3.05) is 0 Å². The molecule has 2 heterocycles. The molecule has 0 amide bonds. The van der Waals surface area contributed by atoms with Crippen LogP contribution in [0, 0.1) is 22.7 Å². The predicted octanol–water partition coefficient (Wildman–Crippen LogP) is 1.54. The first-order chi connectivity index (χ1) is 10.2. The fourth-order valence-electron chi connectivity index (χ4n) is 5.96. The van der Waals surface area contributed by atoms with E-state index in [0.717, 1.165) is 12.8 Å². The van der Waals surface area contributed by atoms with Crippen molar-refractivity contribution in [2.45, 2.75) is 57.3 Å². The normalized spacial score (nSPS) is 54.8. The highest BCUT2D eigenvalue weighted by Gasteiger charge is 2.76. The largest absolute Gasteiger partial charge is 0.481 e. The fourth-order valence-corrected chi connectivity index (χ4v) is 5.96. The molecule has 0 aromatic rings. The molecule has 5 nitrogen and oxygen atoms in total. The summed E-state index contributed by atoms with van der Waals surface area (Å²) in [5.41, 5.74) is -1.71. The van der Waals surface area contributed by atoms with Gasteiger partial charge in [0.1, 0.15) is 0 Å². The summed E-state index contributed by atoms with van der Waals surface area (Å²) in [5.74, 6) is -0.722. The number of aliphatic hydroxyl groups is 1. The maximum absolute atomic E-state index is 12.6. The molecular weight excluding hydrogens is 284 g/mol. The quantitative estimate of drug-likeness (QED) is 0.826. The van der Waals surface area contributed by atoms with E-state index in [2.05, 4.69) is 0 Å². The van der Waals surface area contributed by atoms with E-state index in [4.69, 9.17) is 9.84 Å². The lowest BCUT2D eigenvalue weighted by molar-refractivity contribution is -0.219. The SMILES string of the molecule is C[C@@]1(CCC(=O)O)C(=O)C=C[C@]23CC4C[C@H](O[C@@]4(C)[C@@H]2O)[C@H]31. The summed E-state index contributed by atoms with van der Waals surface area (Å²) < 4.78 is 6.18. The third-order valence-corrected chi connectivity index (χ3v) is 6.99. The number of aliphatic carboxylic acids is 1. The van der Waals surface area contributed by atoms with Gasteiger partial charge >= 0.3 is 5.97 Å². The average Bonchev–Trinajstić information content (AvgIpc) is 2.79. The second-order valence-electron chi connectivity index (χ2n) is 7.98. The lowest BCUT2D eigenvalue weighted by atomic mass is 9.50. The summed E-state index contributed by atoms with van der Waals surface area (Å²) >= 11 is 0. The monoisotopic (exact) mass is 306 g/mol. The number of carbonyl (C=O) groups is 2. The number of hydrogen-bond donors (Lipinski definition) is 2. The molecule has 4 fully saturated rings. The summed E-state index contributed by atoms with van der Waals surface area (Å²) in [6.45, 7) is 3.84. The van der Waals surface area contributed by atoms with E-state index in [1.54, 1.807) is 6.08 Å². The zero-order chi connectivity index (χ0) is 15.9. The second kappa shape index (κ2) is 4.01. The summed E-state index contributed by atoms with van der Waals surface area (Å²) in [6, 6.07) is 0. The van der Waals surface area contributed by atoms with Crippen LogP contribution in [0.5, 0.6) is 0 Å². The third-order valence-electron chi connectivity index (χ3n) is 6.99. The first-order valence-corrected chi connectivity index (χ1v) is 8.05. The number of aliphatic hydroxyl groups excluding tert-OH is 1. The van der Waals surface area contributed by atoms with Crippen molar-refractivity contribution < 1.29 is 24.5 Å². The highest BCUT2D eigenvalue weighted by molar-refractivity contribution is 5.96. The van der Waals surface area contributed by atoms with Crippen molar-refractivity contribution in [3.05, 3.63) is 12.2 Å². The van der Waals surface area contributed by atoms with Gasteiger partial charge in [0, 0.05) is 23.2 Å². The van der Waals surface area contributed by atoms with Crippen molar-refractivity contribution in [2.24, 2.45) is 22.7 Å². The van der Waals surface area contributed by atoms with Crippen LogP contribution in [-0.2, 0) is 14.3 Å². The molecule has 2 N–H and O–H groups in total. The Balaban J connectivity index is 1.80. The molecule has 120 valence electrons. The molecule has 22 heavy (non-hydrogen) atoms. The molecule has 0 aromatic carbocycles. The molecule has 5 heteroatoms. The maximum Gasteiger partial charge on any atom is 0.303 e. The van der Waals surface area contributed by atoms with Crippen molar-refractivity contribution in [1.82, 2.24) is 0 Å². The van der Waals surface area contributed by atoms with Crippen LogP contribution in [0.2, 0.25) is 0 Å². The first kappa shape index (κ1) is 14.4. The number of carboxylic acid groups (broad SMARTS) is 1. The molecule has 1 spiro atoms. The van der Waals surface area contributed by atoms with Gasteiger partial charge in [-0.3, -0.25) is 9.59 Å². The van der Waals surface area contributed by atoms with Gasteiger partial charge in [-0.1, -0.05) is 13.0 Å². The van der Waals surface area contributed by atoms with Crippen LogP contribution in [0.25, 0.3) is 0 Å². The van der Waals surface area contributed by atoms with Gasteiger partial charge in [0.25, 0.3) is 0 Å². The summed E-state index contributed by atoms with van der Waals surface area (Å²) in [7, 11) is 0. The Morgan fingerprint density at radius 2 is 2.18 bits per heavy atom. The van der Waals surface area contributed by atoms with Crippen molar-refractivity contribution in [3.8, 4) is 0 Å². The Morgan fingerprint density at radius 3 is 2.82 bits per heavy atom. The minimum absolute atomic E-state index is 0.0286. The van der Waals surface area contributed by atoms with Crippen molar-refractivity contribution in [3.63, 3.8) is 0 Å². The number of carboxylic acids is 1. The molecule has 2 aliphatic heterocycles. The van der Waals surface area contributed by atoms with Crippen molar-refractivity contribution in [1.29, 1.82) is 0 Å². The lowest BCUT2D eigenvalue weighted by Gasteiger charge is -2.57. The zero-order valence-corrected chi connectivity index (χ0v) is 12.9. The highest BCUT2D eigenvalue weighted by atomic mass is 16.5.